The fourth-order valence-corrected chi connectivity index (χ4v) is 5.11. The molecule has 1 spiro atoms. The average Bonchev–Trinajstić information content (AvgIpc) is 3.22. The van der Waals surface area contributed by atoms with Gasteiger partial charge in [-0.3, -0.25) is 9.97 Å². The molecule has 0 radical (unpaired) electrons. The molecule has 1 saturated carbocycles. The summed E-state index contributed by atoms with van der Waals surface area (Å²) in [4.78, 5) is 13.9. The molecule has 0 amide bonds. The van der Waals surface area contributed by atoms with Crippen molar-refractivity contribution in [2.75, 3.05) is 6.61 Å². The van der Waals surface area contributed by atoms with Gasteiger partial charge in [0.25, 0.3) is 6.02 Å². The van der Waals surface area contributed by atoms with Gasteiger partial charge >= 0.3 is 0 Å². The van der Waals surface area contributed by atoms with Crippen LogP contribution in [0.5, 0.6) is 11.5 Å². The summed E-state index contributed by atoms with van der Waals surface area (Å²) in [7, 11) is 0. The highest BCUT2D eigenvalue weighted by atomic mass is 16.5. The van der Waals surface area contributed by atoms with Crippen molar-refractivity contribution in [2.24, 2.45) is 10.7 Å². The number of pyridine rings is 2. The van der Waals surface area contributed by atoms with Crippen molar-refractivity contribution in [3.05, 3.63) is 71.8 Å². The number of fused-ring (bicyclic) bond motifs is 4. The van der Waals surface area contributed by atoms with Crippen molar-refractivity contribution in [3.63, 3.8) is 0 Å². The van der Waals surface area contributed by atoms with Crippen LogP contribution in [0.25, 0.3) is 11.1 Å². The van der Waals surface area contributed by atoms with E-state index in [-0.39, 0.29) is 6.02 Å². The van der Waals surface area contributed by atoms with E-state index in [1.807, 2.05) is 36.7 Å². The van der Waals surface area contributed by atoms with Crippen LogP contribution in [0.15, 0.2) is 60.0 Å². The number of benzene rings is 1. The Morgan fingerprint density at radius 3 is 2.58 bits per heavy atom. The van der Waals surface area contributed by atoms with Gasteiger partial charge in [0.05, 0.1) is 6.20 Å². The summed E-state index contributed by atoms with van der Waals surface area (Å²) in [5, 5.41) is 0. The first-order chi connectivity index (χ1) is 15.2. The SMILES string of the molecule is NC1=N[C@@]2(CO1)c1cc(-c3cccnc3)ccc1Oc1cnc(C3CCCCC3)cc12. The molecule has 2 aliphatic heterocycles. The monoisotopic (exact) mass is 412 g/mol. The average molecular weight is 412 g/mol. The van der Waals surface area contributed by atoms with Crippen molar-refractivity contribution in [1.82, 2.24) is 9.97 Å². The number of nitrogens with two attached hydrogens (primary N) is 1. The van der Waals surface area contributed by atoms with Crippen molar-refractivity contribution in [3.8, 4) is 22.6 Å². The van der Waals surface area contributed by atoms with Gasteiger partial charge in [-0.05, 0) is 42.7 Å². The number of nitrogens with zero attached hydrogens (tertiary/aromatic N) is 3. The quantitative estimate of drug-likeness (QED) is 0.648. The second-order valence-electron chi connectivity index (χ2n) is 8.59. The van der Waals surface area contributed by atoms with Crippen molar-refractivity contribution in [2.45, 2.75) is 43.6 Å². The standard InChI is InChI=1S/C25H24N4O2/c26-24-29-25(15-30-24)19-11-17(18-7-4-10-27-13-18)8-9-22(19)31-23-14-28-21(12-20(23)25)16-5-2-1-3-6-16/h4,7-14,16H,1-3,5-6,15H2,(H2,26,29)/t25-/m0/s1. The van der Waals surface area contributed by atoms with Crippen molar-refractivity contribution in [1.29, 1.82) is 0 Å². The Bertz CT molecular complexity index is 1170. The normalized spacial score (nSPS) is 22.3. The van der Waals surface area contributed by atoms with Crippen LogP contribution in [-0.2, 0) is 10.3 Å². The zero-order valence-corrected chi connectivity index (χ0v) is 17.3. The molecule has 6 rings (SSSR count). The van der Waals surface area contributed by atoms with Gasteiger partial charge in [0.1, 0.15) is 12.4 Å². The highest BCUT2D eigenvalue weighted by molar-refractivity contribution is 5.77. The predicted molar refractivity (Wildman–Crippen MR) is 118 cm³/mol. The summed E-state index contributed by atoms with van der Waals surface area (Å²) < 4.78 is 12.0. The summed E-state index contributed by atoms with van der Waals surface area (Å²) in [6.07, 6.45) is 11.7. The van der Waals surface area contributed by atoms with E-state index in [1.165, 1.54) is 32.1 Å². The van der Waals surface area contributed by atoms with Crippen LogP contribution in [-0.4, -0.2) is 22.6 Å². The van der Waals surface area contributed by atoms with E-state index < -0.39 is 5.54 Å². The largest absolute Gasteiger partial charge is 0.462 e. The minimum Gasteiger partial charge on any atom is -0.462 e. The van der Waals surface area contributed by atoms with Gasteiger partial charge < -0.3 is 15.2 Å². The molecule has 3 aromatic rings. The lowest BCUT2D eigenvalue weighted by molar-refractivity contribution is 0.264. The molecule has 31 heavy (non-hydrogen) atoms. The Labute approximate surface area is 181 Å². The zero-order valence-electron chi connectivity index (χ0n) is 17.3. The first kappa shape index (κ1) is 18.4. The highest BCUT2D eigenvalue weighted by Crippen LogP contribution is 2.52. The molecule has 2 N–H and O–H groups in total. The number of ether oxygens (including phenoxy) is 2. The second-order valence-corrected chi connectivity index (χ2v) is 8.59. The molecule has 156 valence electrons. The van der Waals surface area contributed by atoms with Gasteiger partial charge in [-0.1, -0.05) is 31.4 Å². The third kappa shape index (κ3) is 2.97. The molecule has 0 saturated heterocycles. The number of aromatic nitrogens is 2. The minimum atomic E-state index is -0.725. The Morgan fingerprint density at radius 1 is 0.935 bits per heavy atom. The molecule has 0 bridgehead atoms. The number of hydrogen-bond donors (Lipinski definition) is 1. The molecule has 6 heteroatoms. The molecule has 1 atom stereocenters. The van der Waals surface area contributed by atoms with E-state index in [0.717, 1.165) is 39.4 Å². The van der Waals surface area contributed by atoms with E-state index in [0.29, 0.717) is 12.5 Å². The highest BCUT2D eigenvalue weighted by Gasteiger charge is 2.47. The van der Waals surface area contributed by atoms with Crippen molar-refractivity contribution < 1.29 is 9.47 Å². The lowest BCUT2D eigenvalue weighted by Crippen LogP contribution is -2.31. The van der Waals surface area contributed by atoms with E-state index in [4.69, 9.17) is 25.2 Å². The van der Waals surface area contributed by atoms with Crippen LogP contribution >= 0.6 is 0 Å². The third-order valence-corrected chi connectivity index (χ3v) is 6.73. The van der Waals surface area contributed by atoms with E-state index >= 15 is 0 Å². The fraction of sp³-hybridized carbons (Fsp3) is 0.320. The molecule has 4 heterocycles. The number of aliphatic imine (C=N–C) groups is 1. The molecular formula is C25H24N4O2. The van der Waals surface area contributed by atoms with Crippen LogP contribution in [0.1, 0.15) is 54.8 Å². The summed E-state index contributed by atoms with van der Waals surface area (Å²) in [5.74, 6) is 1.97. The number of hydrogen-bond acceptors (Lipinski definition) is 6. The first-order valence-corrected chi connectivity index (χ1v) is 10.9. The van der Waals surface area contributed by atoms with Crippen LogP contribution in [0.3, 0.4) is 0 Å². The third-order valence-electron chi connectivity index (χ3n) is 6.73. The number of amidine groups is 1. The maximum Gasteiger partial charge on any atom is 0.283 e. The van der Waals surface area contributed by atoms with E-state index in [1.54, 1.807) is 6.20 Å². The van der Waals surface area contributed by atoms with Gasteiger partial charge in [0.2, 0.25) is 0 Å². The van der Waals surface area contributed by atoms with Gasteiger partial charge in [-0.15, -0.1) is 0 Å². The Balaban J connectivity index is 1.51. The zero-order chi connectivity index (χ0) is 20.8. The molecule has 0 unspecified atom stereocenters. The van der Waals surface area contributed by atoms with Gasteiger partial charge in [-0.25, -0.2) is 4.99 Å². The predicted octanol–water partition coefficient (Wildman–Crippen LogP) is 4.89. The molecule has 2 aromatic heterocycles. The number of rotatable bonds is 2. The lowest BCUT2D eigenvalue weighted by Gasteiger charge is -2.34. The van der Waals surface area contributed by atoms with Gasteiger partial charge in [0, 0.05) is 40.7 Å². The van der Waals surface area contributed by atoms with Crippen LogP contribution in [0.4, 0.5) is 0 Å². The van der Waals surface area contributed by atoms with Crippen LogP contribution in [0, 0.1) is 0 Å². The summed E-state index contributed by atoms with van der Waals surface area (Å²) in [5.41, 5.74) is 10.5. The summed E-state index contributed by atoms with van der Waals surface area (Å²) in [6.45, 7) is 0.354. The topological polar surface area (TPSA) is 82.6 Å². The Hall–Kier alpha value is -3.41. The molecular weight excluding hydrogens is 388 g/mol. The minimum absolute atomic E-state index is 0.210. The molecule has 3 aliphatic rings. The summed E-state index contributed by atoms with van der Waals surface area (Å²) in [6, 6.07) is 12.5. The second kappa shape index (κ2) is 7.08. The fourth-order valence-electron chi connectivity index (χ4n) is 5.11. The molecule has 1 aromatic carbocycles. The van der Waals surface area contributed by atoms with Crippen LogP contribution in [0.2, 0.25) is 0 Å². The first-order valence-electron chi connectivity index (χ1n) is 10.9. The maximum atomic E-state index is 6.29. The molecule has 6 nitrogen and oxygen atoms in total. The van der Waals surface area contributed by atoms with E-state index in [2.05, 4.69) is 17.1 Å². The van der Waals surface area contributed by atoms with Gasteiger partial charge in [-0.2, -0.15) is 0 Å². The van der Waals surface area contributed by atoms with Crippen molar-refractivity contribution >= 4 is 6.02 Å². The molecule has 1 aliphatic carbocycles. The van der Waals surface area contributed by atoms with Crippen LogP contribution < -0.4 is 10.5 Å². The van der Waals surface area contributed by atoms with E-state index in [9.17, 15) is 0 Å². The Kier molecular flexibility index (Phi) is 4.19. The van der Waals surface area contributed by atoms with Gasteiger partial charge in [0.15, 0.2) is 11.3 Å². The Morgan fingerprint density at radius 2 is 1.81 bits per heavy atom. The summed E-state index contributed by atoms with van der Waals surface area (Å²) >= 11 is 0. The lowest BCUT2D eigenvalue weighted by atomic mass is 9.79. The maximum absolute atomic E-state index is 6.29. The smallest absolute Gasteiger partial charge is 0.283 e. The molecule has 1 fully saturated rings.